The van der Waals surface area contributed by atoms with Crippen molar-refractivity contribution in [2.75, 3.05) is 0 Å². The zero-order chi connectivity index (χ0) is 28.7. The normalized spacial score (nSPS) is 14.2. The molecule has 2 heterocycles. The van der Waals surface area contributed by atoms with Crippen molar-refractivity contribution in [2.24, 2.45) is 0 Å². The molecule has 2 aliphatic heterocycles. The van der Waals surface area contributed by atoms with E-state index < -0.39 is 17.9 Å². The highest BCUT2D eigenvalue weighted by atomic mass is 16.7. The molecule has 0 unspecified atom stereocenters. The second-order valence-electron chi connectivity index (χ2n) is 10.2. The van der Waals surface area contributed by atoms with Crippen LogP contribution in [-0.4, -0.2) is 16.2 Å². The summed E-state index contributed by atoms with van der Waals surface area (Å²) < 4.78 is 25.1. The Balaban J connectivity index is 1.36. The Hall–Kier alpha value is -5.11. The predicted octanol–water partition coefficient (Wildman–Crippen LogP) is 7.10. The number of benzene rings is 5. The summed E-state index contributed by atoms with van der Waals surface area (Å²) in [4.78, 5) is 13.9. The van der Waals surface area contributed by atoms with Crippen molar-refractivity contribution < 1.29 is 34.0 Å². The molecule has 5 aromatic rings. The number of phenols is 2. The van der Waals surface area contributed by atoms with Crippen LogP contribution < -0.4 is 4.74 Å². The van der Waals surface area contributed by atoms with Crippen molar-refractivity contribution in [3.63, 3.8) is 0 Å². The molecule has 0 atom stereocenters. The maximum absolute atomic E-state index is 13.9. The van der Waals surface area contributed by atoms with Crippen LogP contribution in [0.5, 0.6) is 23.0 Å². The standard InChI is InChI=1S/C35H26O7/c36-24-14-16-27-30(18-24)41-31-19-25(37)15-17-28(31)35(27)29-13-7-12-26(32(29)33(38)42-35)34(39-20-22-8-3-1-4-9-22)40-21-23-10-5-2-6-11-23/h1-19,34,36-37H,20-21H2. The van der Waals surface area contributed by atoms with Gasteiger partial charge in [0.15, 0.2) is 11.9 Å². The number of hydrogen-bond acceptors (Lipinski definition) is 7. The quantitative estimate of drug-likeness (QED) is 0.163. The number of phenolic OH excluding ortho intramolecular Hbond substituents is 2. The number of fused-ring (bicyclic) bond motifs is 6. The van der Waals surface area contributed by atoms with Gasteiger partial charge in [-0.05, 0) is 35.4 Å². The molecule has 2 aliphatic rings. The van der Waals surface area contributed by atoms with Crippen LogP contribution in [0.2, 0.25) is 0 Å². The lowest BCUT2D eigenvalue weighted by atomic mass is 9.77. The van der Waals surface area contributed by atoms with Crippen LogP contribution in [-0.2, 0) is 33.0 Å². The van der Waals surface area contributed by atoms with Crippen molar-refractivity contribution in [3.8, 4) is 23.0 Å². The Labute approximate surface area is 242 Å². The van der Waals surface area contributed by atoms with Crippen molar-refractivity contribution in [1.82, 2.24) is 0 Å². The van der Waals surface area contributed by atoms with Crippen LogP contribution in [0.1, 0.15) is 50.0 Å². The summed E-state index contributed by atoms with van der Waals surface area (Å²) in [5, 5.41) is 20.4. The smallest absolute Gasteiger partial charge is 0.340 e. The van der Waals surface area contributed by atoms with E-state index in [9.17, 15) is 15.0 Å². The third-order valence-electron chi connectivity index (χ3n) is 7.58. The zero-order valence-corrected chi connectivity index (χ0v) is 22.4. The Morgan fingerprint density at radius 2 is 1.19 bits per heavy atom. The second-order valence-corrected chi connectivity index (χ2v) is 10.2. The molecule has 1 spiro atoms. The topological polar surface area (TPSA) is 94.5 Å². The van der Waals surface area contributed by atoms with Gasteiger partial charge in [-0.1, -0.05) is 78.9 Å². The van der Waals surface area contributed by atoms with E-state index in [0.29, 0.717) is 39.3 Å². The van der Waals surface area contributed by atoms with Crippen LogP contribution >= 0.6 is 0 Å². The number of rotatable bonds is 7. The fraction of sp³-hybridized carbons (Fsp3) is 0.114. The molecule has 0 saturated heterocycles. The Morgan fingerprint density at radius 1 is 0.643 bits per heavy atom. The first-order chi connectivity index (χ1) is 20.5. The second kappa shape index (κ2) is 10.4. The van der Waals surface area contributed by atoms with E-state index in [1.807, 2.05) is 78.9 Å². The molecule has 0 radical (unpaired) electrons. The van der Waals surface area contributed by atoms with Crippen molar-refractivity contribution in [3.05, 3.63) is 154 Å². The Bertz CT molecular complexity index is 1690. The van der Waals surface area contributed by atoms with Crippen molar-refractivity contribution in [1.29, 1.82) is 0 Å². The fourth-order valence-electron chi connectivity index (χ4n) is 5.69. The van der Waals surface area contributed by atoms with E-state index in [0.717, 1.165) is 11.1 Å². The number of ether oxygens (including phenoxy) is 4. The van der Waals surface area contributed by atoms with Gasteiger partial charge >= 0.3 is 5.97 Å². The molecule has 5 aromatic carbocycles. The lowest BCUT2D eigenvalue weighted by molar-refractivity contribution is -0.161. The first-order valence-electron chi connectivity index (χ1n) is 13.6. The van der Waals surface area contributed by atoms with Gasteiger partial charge in [0.2, 0.25) is 0 Å². The monoisotopic (exact) mass is 558 g/mol. The SMILES string of the molecule is O=C1OC2(c3ccc(O)cc3Oc3cc(O)ccc32)c2cccc(C(OCc3ccccc3)OCc3ccccc3)c21. The largest absolute Gasteiger partial charge is 0.508 e. The van der Waals surface area contributed by atoms with Gasteiger partial charge in [-0.2, -0.15) is 0 Å². The minimum Gasteiger partial charge on any atom is -0.508 e. The number of aromatic hydroxyl groups is 2. The highest BCUT2D eigenvalue weighted by molar-refractivity contribution is 5.98. The lowest BCUT2D eigenvalue weighted by Gasteiger charge is -2.36. The van der Waals surface area contributed by atoms with Gasteiger partial charge in [0.25, 0.3) is 0 Å². The summed E-state index contributed by atoms with van der Waals surface area (Å²) in [6.07, 6.45) is -0.888. The molecular formula is C35H26O7. The molecule has 0 aliphatic carbocycles. The van der Waals surface area contributed by atoms with E-state index in [-0.39, 0.29) is 24.7 Å². The highest BCUT2D eigenvalue weighted by Crippen LogP contribution is 2.57. The molecule has 0 bridgehead atoms. The van der Waals surface area contributed by atoms with Gasteiger partial charge in [0, 0.05) is 34.4 Å². The highest BCUT2D eigenvalue weighted by Gasteiger charge is 2.54. The van der Waals surface area contributed by atoms with E-state index in [1.54, 1.807) is 12.1 Å². The molecule has 2 N–H and O–H groups in total. The van der Waals surface area contributed by atoms with Gasteiger partial charge < -0.3 is 29.2 Å². The van der Waals surface area contributed by atoms with Crippen LogP contribution in [0.3, 0.4) is 0 Å². The summed E-state index contributed by atoms with van der Waals surface area (Å²) in [7, 11) is 0. The average Bonchev–Trinajstić information content (AvgIpc) is 3.30. The van der Waals surface area contributed by atoms with E-state index in [2.05, 4.69) is 0 Å². The molecule has 0 fully saturated rings. The molecule has 0 amide bonds. The molecular weight excluding hydrogens is 532 g/mol. The van der Waals surface area contributed by atoms with Crippen LogP contribution in [0, 0.1) is 0 Å². The molecule has 42 heavy (non-hydrogen) atoms. The number of carbonyl (C=O) groups is 1. The van der Waals surface area contributed by atoms with E-state index in [1.165, 1.54) is 24.3 Å². The summed E-state index contributed by atoms with van der Waals surface area (Å²) in [6, 6.07) is 34.4. The third-order valence-corrected chi connectivity index (χ3v) is 7.58. The number of esters is 1. The first kappa shape index (κ1) is 25.8. The fourth-order valence-corrected chi connectivity index (χ4v) is 5.69. The molecule has 7 heteroatoms. The van der Waals surface area contributed by atoms with Gasteiger partial charge in [0.1, 0.15) is 23.0 Å². The van der Waals surface area contributed by atoms with Gasteiger partial charge in [-0.15, -0.1) is 0 Å². The first-order valence-corrected chi connectivity index (χ1v) is 13.6. The molecule has 0 aromatic heterocycles. The maximum atomic E-state index is 13.9. The third kappa shape index (κ3) is 4.36. The lowest BCUT2D eigenvalue weighted by Crippen LogP contribution is -2.32. The average molecular weight is 559 g/mol. The number of hydrogen-bond donors (Lipinski definition) is 2. The minimum absolute atomic E-state index is 0.00510. The van der Waals surface area contributed by atoms with Gasteiger partial charge in [-0.3, -0.25) is 0 Å². The van der Waals surface area contributed by atoms with Gasteiger partial charge in [0.05, 0.1) is 18.8 Å². The van der Waals surface area contributed by atoms with E-state index >= 15 is 0 Å². The van der Waals surface area contributed by atoms with Crippen LogP contribution in [0.25, 0.3) is 0 Å². The molecule has 7 rings (SSSR count). The Kier molecular flexibility index (Phi) is 6.38. The van der Waals surface area contributed by atoms with Crippen LogP contribution in [0.4, 0.5) is 0 Å². The van der Waals surface area contributed by atoms with Crippen LogP contribution in [0.15, 0.2) is 115 Å². The number of carbonyl (C=O) groups excluding carboxylic acids is 1. The van der Waals surface area contributed by atoms with Gasteiger partial charge in [-0.25, -0.2) is 4.79 Å². The molecule has 0 saturated carbocycles. The summed E-state index contributed by atoms with van der Waals surface area (Å²) in [5.74, 6) is 0.0777. The van der Waals surface area contributed by atoms with Crippen molar-refractivity contribution in [2.45, 2.75) is 25.1 Å². The Morgan fingerprint density at radius 3 is 1.74 bits per heavy atom. The summed E-state index contributed by atoms with van der Waals surface area (Å²) >= 11 is 0. The maximum Gasteiger partial charge on any atom is 0.340 e. The van der Waals surface area contributed by atoms with Crippen molar-refractivity contribution >= 4 is 5.97 Å². The van der Waals surface area contributed by atoms with E-state index in [4.69, 9.17) is 18.9 Å². The summed E-state index contributed by atoms with van der Waals surface area (Å²) in [5.41, 5.74) is 3.11. The molecule has 7 nitrogen and oxygen atoms in total. The predicted molar refractivity (Wildman–Crippen MR) is 153 cm³/mol. The summed E-state index contributed by atoms with van der Waals surface area (Å²) in [6.45, 7) is 0.532. The minimum atomic E-state index is -1.38. The zero-order valence-electron chi connectivity index (χ0n) is 22.4. The molecule has 208 valence electrons.